The van der Waals surface area contributed by atoms with Gasteiger partial charge in [-0.2, -0.15) is 0 Å². The minimum Gasteiger partial charge on any atom is -0.360 e. The number of benzene rings is 2. The van der Waals surface area contributed by atoms with E-state index in [4.69, 9.17) is 0 Å². The first-order valence-electron chi connectivity index (χ1n) is 5.90. The highest BCUT2D eigenvalue weighted by molar-refractivity contribution is 9.11. The Morgan fingerprint density at radius 1 is 1.00 bits per heavy atom. The van der Waals surface area contributed by atoms with Crippen LogP contribution in [0.5, 0.6) is 0 Å². The fourth-order valence-corrected chi connectivity index (χ4v) is 2.78. The zero-order valence-electron chi connectivity index (χ0n) is 10.8. The molecule has 0 unspecified atom stereocenters. The average molecular weight is 434 g/mol. The summed E-state index contributed by atoms with van der Waals surface area (Å²) >= 11 is 6.12. The third kappa shape index (κ3) is 3.89. The van der Waals surface area contributed by atoms with E-state index in [2.05, 4.69) is 36.8 Å². The Morgan fingerprint density at radius 3 is 2.32 bits per heavy atom. The van der Waals surface area contributed by atoms with Crippen molar-refractivity contribution >= 4 is 48.5 Å². The van der Waals surface area contributed by atoms with Gasteiger partial charge in [-0.25, -0.2) is 8.78 Å². The number of aromatic nitrogens is 1. The second-order valence-corrected chi connectivity index (χ2v) is 5.89. The third-order valence-electron chi connectivity index (χ3n) is 2.68. The van der Waals surface area contributed by atoms with E-state index in [1.54, 1.807) is 6.20 Å². The van der Waals surface area contributed by atoms with Gasteiger partial charge in [-0.05, 0) is 62.2 Å². The van der Waals surface area contributed by atoms with Crippen molar-refractivity contribution in [2.24, 2.45) is 0 Å². The van der Waals surface area contributed by atoms with Crippen molar-refractivity contribution < 1.29 is 13.7 Å². The highest BCUT2D eigenvalue weighted by Gasteiger charge is 2.10. The first-order chi connectivity index (χ1) is 10.4. The molecular formula is C14H8Br2F2N2O2. The topological polar surface area (TPSA) is 58.9 Å². The maximum atomic E-state index is 12.7. The van der Waals surface area contributed by atoms with Gasteiger partial charge in [0.1, 0.15) is 11.6 Å². The van der Waals surface area contributed by atoms with Crippen LogP contribution in [0.1, 0.15) is 0 Å². The van der Waals surface area contributed by atoms with Crippen molar-refractivity contribution in [1.82, 2.24) is 4.98 Å². The van der Waals surface area contributed by atoms with E-state index in [1.807, 2.05) is 6.07 Å². The van der Waals surface area contributed by atoms with Crippen molar-refractivity contribution in [1.29, 1.82) is 0 Å². The molecule has 0 aliphatic rings. The lowest BCUT2D eigenvalue weighted by Gasteiger charge is -1.93. The zero-order chi connectivity index (χ0) is 16.3. The van der Waals surface area contributed by atoms with Crippen molar-refractivity contribution in [2.45, 2.75) is 0 Å². The maximum absolute atomic E-state index is 12.7. The third-order valence-corrected chi connectivity index (χ3v) is 3.94. The standard InChI is InChI=1S/C8H5BrFN.C6H3BrFNO2/c9-7-4-6(10)3-5-1-2-11-8(5)7;7-5-3-4(8)1-2-6(5)9(10)11/h1-4,11H;1-3H. The minimum absolute atomic E-state index is 0.133. The van der Waals surface area contributed by atoms with Crippen LogP contribution in [0.2, 0.25) is 0 Å². The Bertz CT molecular complexity index is 837. The molecule has 3 aromatic rings. The van der Waals surface area contributed by atoms with Crippen LogP contribution >= 0.6 is 31.9 Å². The van der Waals surface area contributed by atoms with Gasteiger partial charge in [0.15, 0.2) is 0 Å². The molecule has 0 spiro atoms. The Labute approximate surface area is 140 Å². The molecule has 0 fully saturated rings. The van der Waals surface area contributed by atoms with Gasteiger partial charge in [0.05, 0.1) is 14.9 Å². The van der Waals surface area contributed by atoms with Gasteiger partial charge >= 0.3 is 0 Å². The lowest BCUT2D eigenvalue weighted by molar-refractivity contribution is -0.385. The van der Waals surface area contributed by atoms with E-state index in [1.165, 1.54) is 12.1 Å². The van der Waals surface area contributed by atoms with Gasteiger partial charge in [-0.15, -0.1) is 0 Å². The summed E-state index contributed by atoms with van der Waals surface area (Å²) in [5.41, 5.74) is 0.804. The molecule has 0 aliphatic heterocycles. The van der Waals surface area contributed by atoms with Crippen LogP contribution < -0.4 is 0 Å². The zero-order valence-corrected chi connectivity index (χ0v) is 14.0. The number of nitro groups is 1. The fraction of sp³-hybridized carbons (Fsp3) is 0. The van der Waals surface area contributed by atoms with Crippen LogP contribution in [0, 0.1) is 21.7 Å². The normalized spacial score (nSPS) is 10.2. The first kappa shape index (κ1) is 16.6. The summed E-state index contributed by atoms with van der Waals surface area (Å²) in [7, 11) is 0. The minimum atomic E-state index is -0.580. The molecule has 8 heteroatoms. The van der Waals surface area contributed by atoms with Gasteiger partial charge in [-0.3, -0.25) is 10.1 Å². The van der Waals surface area contributed by atoms with Crippen molar-refractivity contribution in [2.75, 3.05) is 0 Å². The fourth-order valence-electron chi connectivity index (χ4n) is 1.72. The summed E-state index contributed by atoms with van der Waals surface area (Å²) in [6.45, 7) is 0. The Morgan fingerprint density at radius 2 is 1.68 bits per heavy atom. The van der Waals surface area contributed by atoms with Gasteiger partial charge < -0.3 is 4.98 Å². The number of nitrogens with zero attached hydrogens (tertiary/aromatic N) is 1. The summed E-state index contributed by atoms with van der Waals surface area (Å²) in [5, 5.41) is 11.1. The van der Waals surface area contributed by atoms with Gasteiger partial charge in [-0.1, -0.05) is 0 Å². The molecule has 0 atom stereocenters. The molecule has 0 radical (unpaired) electrons. The van der Waals surface area contributed by atoms with Crippen LogP contribution in [0.4, 0.5) is 14.5 Å². The largest absolute Gasteiger partial charge is 0.360 e. The van der Waals surface area contributed by atoms with Gasteiger partial charge in [0.2, 0.25) is 0 Å². The molecule has 4 nitrogen and oxygen atoms in total. The highest BCUT2D eigenvalue weighted by atomic mass is 79.9. The number of halogens is 4. The lowest BCUT2D eigenvalue weighted by Crippen LogP contribution is -1.89. The second-order valence-electron chi connectivity index (χ2n) is 4.18. The number of fused-ring (bicyclic) bond motifs is 1. The molecule has 2 aromatic carbocycles. The molecule has 22 heavy (non-hydrogen) atoms. The van der Waals surface area contributed by atoms with E-state index < -0.39 is 10.7 Å². The molecular weight excluding hydrogens is 426 g/mol. The SMILES string of the molecule is Fc1cc(Br)c2[nH]ccc2c1.O=[N+]([O-])c1ccc(F)cc1Br. The predicted octanol–water partition coefficient (Wildman–Crippen LogP) is 5.57. The number of aromatic amines is 1. The highest BCUT2D eigenvalue weighted by Crippen LogP contribution is 2.25. The van der Waals surface area contributed by atoms with Crippen LogP contribution in [0.25, 0.3) is 10.9 Å². The average Bonchev–Trinajstić information content (AvgIpc) is 2.87. The summed E-state index contributed by atoms with van der Waals surface area (Å²) in [5.74, 6) is -0.716. The Balaban J connectivity index is 0.000000160. The van der Waals surface area contributed by atoms with Crippen LogP contribution in [-0.4, -0.2) is 9.91 Å². The monoisotopic (exact) mass is 432 g/mol. The van der Waals surface area contributed by atoms with E-state index in [-0.39, 0.29) is 16.0 Å². The van der Waals surface area contributed by atoms with Crippen molar-refractivity contribution in [3.8, 4) is 0 Å². The molecule has 1 N–H and O–H groups in total. The summed E-state index contributed by atoms with van der Waals surface area (Å²) in [4.78, 5) is 12.6. The van der Waals surface area contributed by atoms with Crippen LogP contribution in [0.15, 0.2) is 51.5 Å². The van der Waals surface area contributed by atoms with Crippen LogP contribution in [-0.2, 0) is 0 Å². The molecule has 0 saturated heterocycles. The van der Waals surface area contributed by atoms with E-state index in [0.29, 0.717) is 0 Å². The first-order valence-corrected chi connectivity index (χ1v) is 7.48. The van der Waals surface area contributed by atoms with Gasteiger partial charge in [0, 0.05) is 22.1 Å². The number of hydrogen-bond acceptors (Lipinski definition) is 2. The Kier molecular flexibility index (Phi) is 5.25. The number of nitro benzene ring substituents is 1. The molecule has 0 bridgehead atoms. The van der Waals surface area contributed by atoms with Crippen LogP contribution in [0.3, 0.4) is 0 Å². The number of rotatable bonds is 1. The quantitative estimate of drug-likeness (QED) is 0.403. The van der Waals surface area contributed by atoms with Crippen molar-refractivity contribution in [3.05, 3.63) is 73.3 Å². The molecule has 0 aliphatic carbocycles. The van der Waals surface area contributed by atoms with E-state index >= 15 is 0 Å². The summed E-state index contributed by atoms with van der Waals surface area (Å²) in [6.07, 6.45) is 1.79. The smallest absolute Gasteiger partial charge is 0.283 e. The molecule has 0 saturated carbocycles. The number of hydrogen-bond donors (Lipinski definition) is 1. The van der Waals surface area contributed by atoms with E-state index in [0.717, 1.165) is 33.6 Å². The van der Waals surface area contributed by atoms with Crippen molar-refractivity contribution in [3.63, 3.8) is 0 Å². The molecule has 1 aromatic heterocycles. The Hall–Kier alpha value is -1.80. The number of nitrogens with one attached hydrogen (secondary N) is 1. The maximum Gasteiger partial charge on any atom is 0.283 e. The second kappa shape index (κ2) is 6.97. The summed E-state index contributed by atoms with van der Waals surface area (Å²) in [6, 6.07) is 7.99. The lowest BCUT2D eigenvalue weighted by atomic mass is 10.2. The molecule has 3 rings (SSSR count). The molecule has 0 amide bonds. The number of H-pyrrole nitrogens is 1. The predicted molar refractivity (Wildman–Crippen MR) is 86.7 cm³/mol. The van der Waals surface area contributed by atoms with E-state index in [9.17, 15) is 18.9 Å². The molecule has 1 heterocycles. The molecule has 114 valence electrons. The van der Waals surface area contributed by atoms with Gasteiger partial charge in [0.25, 0.3) is 5.69 Å². The summed E-state index contributed by atoms with van der Waals surface area (Å²) < 4.78 is 26.0.